The van der Waals surface area contributed by atoms with Crippen LogP contribution >= 0.6 is 0 Å². The molecular formula is C23H26N6O3. The summed E-state index contributed by atoms with van der Waals surface area (Å²) in [5.74, 6) is 0.422. The van der Waals surface area contributed by atoms with Gasteiger partial charge in [-0.15, -0.1) is 0 Å². The van der Waals surface area contributed by atoms with E-state index in [0.717, 1.165) is 22.4 Å². The molecule has 3 N–H and O–H groups in total. The minimum Gasteiger partial charge on any atom is -0.341 e. The van der Waals surface area contributed by atoms with Crippen molar-refractivity contribution in [1.82, 2.24) is 25.7 Å². The summed E-state index contributed by atoms with van der Waals surface area (Å²) in [7, 11) is 1.95. The van der Waals surface area contributed by atoms with Crippen LogP contribution in [0.4, 0.5) is 0 Å². The van der Waals surface area contributed by atoms with Gasteiger partial charge in [-0.25, -0.2) is 10.4 Å². The second-order valence-electron chi connectivity index (χ2n) is 8.66. The first-order valence-electron chi connectivity index (χ1n) is 10.9. The molecule has 0 bridgehead atoms. The molecule has 2 fully saturated rings. The second-order valence-corrected chi connectivity index (χ2v) is 8.66. The van der Waals surface area contributed by atoms with Gasteiger partial charge in [0.25, 0.3) is 0 Å². The molecule has 5 atom stereocenters. The number of fused-ring (bicyclic) bond motifs is 2. The van der Waals surface area contributed by atoms with E-state index in [1.54, 1.807) is 0 Å². The maximum absolute atomic E-state index is 13.4. The van der Waals surface area contributed by atoms with Gasteiger partial charge in [0, 0.05) is 36.8 Å². The zero-order valence-corrected chi connectivity index (χ0v) is 17.8. The molecule has 1 saturated heterocycles. The predicted octanol–water partition coefficient (Wildman–Crippen LogP) is 2.07. The van der Waals surface area contributed by atoms with Gasteiger partial charge in [-0.2, -0.15) is 0 Å². The Morgan fingerprint density at radius 2 is 1.91 bits per heavy atom. The molecule has 5 unspecified atom stereocenters. The lowest BCUT2D eigenvalue weighted by Gasteiger charge is -2.29. The first-order valence-corrected chi connectivity index (χ1v) is 10.9. The minimum atomic E-state index is -0.599. The molecule has 2 heterocycles. The number of nitro groups is 1. The third kappa shape index (κ3) is 3.63. The number of nitrogens with zero attached hydrogens (tertiary/aromatic N) is 3. The molecule has 2 aromatic carbocycles. The van der Waals surface area contributed by atoms with Crippen LogP contribution in [0.1, 0.15) is 36.7 Å². The van der Waals surface area contributed by atoms with Crippen LogP contribution < -0.4 is 16.2 Å². The average Bonchev–Trinajstić information content (AvgIpc) is 3.39. The fraction of sp³-hybridized carbons (Fsp3) is 0.391. The van der Waals surface area contributed by atoms with Crippen LogP contribution in [0.25, 0.3) is 11.0 Å². The van der Waals surface area contributed by atoms with E-state index in [0.29, 0.717) is 19.3 Å². The van der Waals surface area contributed by atoms with Crippen molar-refractivity contribution >= 4 is 16.9 Å². The lowest BCUT2D eigenvalue weighted by Crippen LogP contribution is -2.48. The van der Waals surface area contributed by atoms with Crippen LogP contribution in [0, 0.1) is 16.0 Å². The number of rotatable bonds is 5. The Morgan fingerprint density at radius 3 is 2.66 bits per heavy atom. The lowest BCUT2D eigenvalue weighted by molar-refractivity contribution is -0.528. The Labute approximate surface area is 185 Å². The van der Waals surface area contributed by atoms with Crippen molar-refractivity contribution in [2.24, 2.45) is 13.0 Å². The molecule has 2 aliphatic rings. The molecule has 5 rings (SSSR count). The summed E-state index contributed by atoms with van der Waals surface area (Å²) in [5, 5.41) is 14.5. The van der Waals surface area contributed by atoms with Crippen molar-refractivity contribution in [1.29, 1.82) is 0 Å². The van der Waals surface area contributed by atoms with E-state index in [1.807, 2.05) is 66.2 Å². The van der Waals surface area contributed by atoms with E-state index in [2.05, 4.69) is 16.2 Å². The number of carbonyl (C=O) groups is 1. The molecule has 32 heavy (non-hydrogen) atoms. The highest BCUT2D eigenvalue weighted by molar-refractivity contribution is 5.83. The van der Waals surface area contributed by atoms with Crippen molar-refractivity contribution in [3.8, 4) is 0 Å². The number of aryl methyl sites for hydroxylation is 1. The summed E-state index contributed by atoms with van der Waals surface area (Å²) in [5.41, 5.74) is 9.05. The summed E-state index contributed by atoms with van der Waals surface area (Å²) < 4.78 is 2.00. The monoisotopic (exact) mass is 434 g/mol. The number of hydrogen-bond acceptors (Lipinski definition) is 6. The molecule has 1 saturated carbocycles. The van der Waals surface area contributed by atoms with E-state index >= 15 is 0 Å². The van der Waals surface area contributed by atoms with Gasteiger partial charge in [-0.1, -0.05) is 42.5 Å². The number of benzene rings is 2. The highest BCUT2D eigenvalue weighted by Crippen LogP contribution is 2.33. The summed E-state index contributed by atoms with van der Waals surface area (Å²) >= 11 is 0. The van der Waals surface area contributed by atoms with Gasteiger partial charge in [-0.05, 0) is 24.1 Å². The van der Waals surface area contributed by atoms with Crippen molar-refractivity contribution in [2.45, 2.75) is 43.4 Å². The molecule has 0 radical (unpaired) electrons. The van der Waals surface area contributed by atoms with E-state index in [9.17, 15) is 14.9 Å². The summed E-state index contributed by atoms with van der Waals surface area (Å²) in [6, 6.07) is 16.1. The highest BCUT2D eigenvalue weighted by atomic mass is 16.6. The average molecular weight is 435 g/mol. The first-order chi connectivity index (χ1) is 15.5. The Hall–Kier alpha value is -3.30. The number of amides is 1. The maximum atomic E-state index is 13.4. The number of nitrogens with one attached hydrogen (secondary N) is 3. The molecule has 1 aliphatic carbocycles. The number of imidazole rings is 1. The number of para-hydroxylation sites is 2. The van der Waals surface area contributed by atoms with Crippen molar-refractivity contribution in [3.05, 3.63) is 76.1 Å². The number of aromatic nitrogens is 2. The van der Waals surface area contributed by atoms with Gasteiger partial charge in [0.1, 0.15) is 17.9 Å². The maximum Gasteiger partial charge on any atom is 0.239 e. The molecule has 1 aromatic heterocycles. The van der Waals surface area contributed by atoms with Gasteiger partial charge >= 0.3 is 0 Å². The van der Waals surface area contributed by atoms with Crippen molar-refractivity contribution in [2.75, 3.05) is 0 Å². The topological polar surface area (TPSA) is 114 Å². The summed E-state index contributed by atoms with van der Waals surface area (Å²) in [4.78, 5) is 29.4. The molecule has 9 nitrogen and oxygen atoms in total. The van der Waals surface area contributed by atoms with Gasteiger partial charge < -0.3 is 9.88 Å². The third-order valence-corrected chi connectivity index (χ3v) is 6.80. The molecule has 166 valence electrons. The van der Waals surface area contributed by atoms with Crippen LogP contribution in [0.15, 0.2) is 54.6 Å². The third-order valence-electron chi connectivity index (χ3n) is 6.80. The Bertz CT molecular complexity index is 1150. The Morgan fingerprint density at radius 1 is 1.16 bits per heavy atom. The predicted molar refractivity (Wildman–Crippen MR) is 119 cm³/mol. The molecule has 9 heteroatoms. The van der Waals surface area contributed by atoms with Crippen LogP contribution in [-0.4, -0.2) is 38.5 Å². The van der Waals surface area contributed by atoms with E-state index < -0.39 is 18.1 Å². The molecule has 1 amide bonds. The molecule has 1 aliphatic heterocycles. The SMILES string of the molecule is Cn1c(C(NC(=O)C2NNC3CCC([N+](=O)[O-])CC32)c2ccccc2)nc2ccccc21. The standard InChI is InChI=1S/C23H26N6O3/c1-28-19-10-6-5-9-18(19)24-22(28)20(14-7-3-2-4-8-14)25-23(30)21-16-13-15(29(31)32)11-12-17(16)26-27-21/h2-10,15-17,20-21,26-27H,11-13H2,1H3,(H,25,30). The fourth-order valence-electron chi connectivity index (χ4n) is 5.08. The minimum absolute atomic E-state index is 0.0628. The van der Waals surface area contributed by atoms with Crippen molar-refractivity contribution in [3.63, 3.8) is 0 Å². The largest absolute Gasteiger partial charge is 0.341 e. The number of carbonyl (C=O) groups excluding carboxylic acids is 1. The van der Waals surface area contributed by atoms with Crippen LogP contribution in [0.2, 0.25) is 0 Å². The smallest absolute Gasteiger partial charge is 0.239 e. The Balaban J connectivity index is 1.45. The van der Waals surface area contributed by atoms with Crippen LogP contribution in [0.3, 0.4) is 0 Å². The zero-order chi connectivity index (χ0) is 22.2. The summed E-state index contributed by atoms with van der Waals surface area (Å²) in [6.45, 7) is 0. The molecule has 0 spiro atoms. The quantitative estimate of drug-likeness (QED) is 0.418. The van der Waals surface area contributed by atoms with Gasteiger partial charge in [-0.3, -0.25) is 20.3 Å². The first kappa shape index (κ1) is 20.6. The van der Waals surface area contributed by atoms with Gasteiger partial charge in [0.05, 0.1) is 11.0 Å². The molecule has 3 aromatic rings. The fourth-order valence-corrected chi connectivity index (χ4v) is 5.08. The summed E-state index contributed by atoms with van der Waals surface area (Å²) in [6.07, 6.45) is 1.60. The van der Waals surface area contributed by atoms with E-state index in [1.165, 1.54) is 0 Å². The van der Waals surface area contributed by atoms with Gasteiger partial charge in [0.15, 0.2) is 0 Å². The van der Waals surface area contributed by atoms with Crippen LogP contribution in [0.5, 0.6) is 0 Å². The highest BCUT2D eigenvalue weighted by Gasteiger charge is 2.47. The van der Waals surface area contributed by atoms with E-state index in [4.69, 9.17) is 4.98 Å². The normalized spacial score (nSPS) is 25.9. The number of hydrogen-bond donors (Lipinski definition) is 3. The second kappa shape index (κ2) is 8.33. The number of hydrazine groups is 1. The molecular weight excluding hydrogens is 408 g/mol. The van der Waals surface area contributed by atoms with Crippen molar-refractivity contribution < 1.29 is 9.72 Å². The van der Waals surface area contributed by atoms with E-state index in [-0.39, 0.29) is 22.8 Å². The zero-order valence-electron chi connectivity index (χ0n) is 17.8. The Kier molecular flexibility index (Phi) is 5.36. The van der Waals surface area contributed by atoms with Crippen LogP contribution in [-0.2, 0) is 11.8 Å². The lowest BCUT2D eigenvalue weighted by atomic mass is 9.79. The van der Waals surface area contributed by atoms with Gasteiger partial charge in [0.2, 0.25) is 11.9 Å².